The topological polar surface area (TPSA) is 58.6 Å². The van der Waals surface area contributed by atoms with E-state index >= 15 is 0 Å². The molecule has 0 bridgehead atoms. The van der Waals surface area contributed by atoms with E-state index in [1.807, 2.05) is 55.6 Å². The van der Waals surface area contributed by atoms with Crippen LogP contribution < -0.4 is 10.1 Å². The molecule has 4 rings (SSSR count). The number of benzene rings is 2. The van der Waals surface area contributed by atoms with Crippen molar-refractivity contribution in [2.75, 3.05) is 11.9 Å². The van der Waals surface area contributed by atoms with Gasteiger partial charge < -0.3 is 10.1 Å². The molecule has 0 saturated carbocycles. The molecule has 0 aliphatic carbocycles. The van der Waals surface area contributed by atoms with Crippen molar-refractivity contribution in [2.45, 2.75) is 26.4 Å². The van der Waals surface area contributed by atoms with Gasteiger partial charge in [-0.15, -0.1) is 11.3 Å². The quantitative estimate of drug-likeness (QED) is 0.485. The lowest BCUT2D eigenvalue weighted by Crippen LogP contribution is -2.34. The van der Waals surface area contributed by atoms with Crippen molar-refractivity contribution in [3.05, 3.63) is 88.0 Å². The van der Waals surface area contributed by atoms with E-state index in [0.717, 1.165) is 16.2 Å². The number of halogens is 1. The molecule has 32 heavy (non-hydrogen) atoms. The Morgan fingerprint density at radius 2 is 1.72 bits per heavy atom. The van der Waals surface area contributed by atoms with E-state index in [-0.39, 0.29) is 36.0 Å². The Morgan fingerprint density at radius 1 is 1.00 bits per heavy atom. The lowest BCUT2D eigenvalue weighted by molar-refractivity contribution is -0.136. The van der Waals surface area contributed by atoms with Gasteiger partial charge in [-0.1, -0.05) is 18.2 Å². The van der Waals surface area contributed by atoms with Crippen LogP contribution >= 0.6 is 11.3 Å². The van der Waals surface area contributed by atoms with Crippen molar-refractivity contribution in [3.8, 4) is 5.75 Å². The minimum absolute atomic E-state index is 0.0608. The molecule has 0 fully saturated rings. The van der Waals surface area contributed by atoms with Crippen molar-refractivity contribution >= 4 is 34.4 Å². The van der Waals surface area contributed by atoms with Crippen LogP contribution in [-0.2, 0) is 16.0 Å². The van der Waals surface area contributed by atoms with Crippen molar-refractivity contribution < 1.29 is 18.7 Å². The first kappa shape index (κ1) is 21.8. The number of nitrogens with zero attached hydrogens (tertiary/aromatic N) is 1. The number of hydrogen-bond acceptors (Lipinski definition) is 5. The molecule has 0 atom stereocenters. The number of carbonyl (C=O) groups is 2. The number of ether oxygens (including phenoxy) is 1. The fraction of sp³-hybridized carbons (Fsp3) is 0.200. The highest BCUT2D eigenvalue weighted by Gasteiger charge is 2.39. The van der Waals surface area contributed by atoms with Gasteiger partial charge in [0, 0.05) is 17.1 Å². The molecule has 164 valence electrons. The number of imide groups is 1. The van der Waals surface area contributed by atoms with Gasteiger partial charge in [-0.2, -0.15) is 0 Å². The van der Waals surface area contributed by atoms with Gasteiger partial charge in [-0.3, -0.25) is 14.5 Å². The monoisotopic (exact) mass is 450 g/mol. The van der Waals surface area contributed by atoms with E-state index in [1.54, 1.807) is 12.1 Å². The number of rotatable bonds is 8. The maximum absolute atomic E-state index is 13.2. The van der Waals surface area contributed by atoms with Crippen LogP contribution in [-0.4, -0.2) is 29.4 Å². The average molecular weight is 451 g/mol. The Labute approximate surface area is 190 Å². The standard InChI is InChI=1S/C25H23FN2O3S/c1-16(2)31-20-11-9-19(10-12-20)27-23-22(21-4-3-15-32-21)24(29)28(25(23)30)14-13-17-5-7-18(26)8-6-17/h3-12,15-16,27H,13-14H2,1-2H3. The molecule has 2 heterocycles. The number of hydrogen-bond donors (Lipinski definition) is 1. The number of thiophene rings is 1. The van der Waals surface area contributed by atoms with Crippen LogP contribution in [0.3, 0.4) is 0 Å². The fourth-order valence-corrected chi connectivity index (χ4v) is 4.24. The van der Waals surface area contributed by atoms with Gasteiger partial charge >= 0.3 is 0 Å². The summed E-state index contributed by atoms with van der Waals surface area (Å²) in [6.07, 6.45) is 0.509. The second-order valence-electron chi connectivity index (χ2n) is 7.68. The second-order valence-corrected chi connectivity index (χ2v) is 8.63. The summed E-state index contributed by atoms with van der Waals surface area (Å²) in [6, 6.07) is 17.0. The van der Waals surface area contributed by atoms with Crippen LogP contribution in [0.1, 0.15) is 24.3 Å². The first-order valence-electron chi connectivity index (χ1n) is 10.3. The van der Waals surface area contributed by atoms with E-state index < -0.39 is 0 Å². The first-order valence-corrected chi connectivity index (χ1v) is 11.2. The predicted octanol–water partition coefficient (Wildman–Crippen LogP) is 5.11. The highest BCUT2D eigenvalue weighted by Crippen LogP contribution is 2.33. The zero-order valence-corrected chi connectivity index (χ0v) is 18.6. The number of nitrogens with one attached hydrogen (secondary N) is 1. The third kappa shape index (κ3) is 4.73. The molecular formula is C25H23FN2O3S. The summed E-state index contributed by atoms with van der Waals surface area (Å²) in [5, 5.41) is 5.02. The van der Waals surface area contributed by atoms with E-state index in [2.05, 4.69) is 5.32 Å². The maximum atomic E-state index is 13.2. The summed E-state index contributed by atoms with van der Waals surface area (Å²) in [7, 11) is 0. The summed E-state index contributed by atoms with van der Waals surface area (Å²) in [5.41, 5.74) is 2.17. The van der Waals surface area contributed by atoms with E-state index in [4.69, 9.17) is 4.74 Å². The van der Waals surface area contributed by atoms with Crippen molar-refractivity contribution in [1.29, 1.82) is 0 Å². The SMILES string of the molecule is CC(C)Oc1ccc(NC2=C(c3cccs3)C(=O)N(CCc3ccc(F)cc3)C2=O)cc1. The van der Waals surface area contributed by atoms with Crippen LogP contribution in [0.25, 0.3) is 5.57 Å². The van der Waals surface area contributed by atoms with E-state index in [9.17, 15) is 14.0 Å². The Kier molecular flexibility index (Phi) is 6.37. The second kappa shape index (κ2) is 9.36. The smallest absolute Gasteiger partial charge is 0.278 e. The van der Waals surface area contributed by atoms with Gasteiger partial charge in [0.15, 0.2) is 0 Å². The molecule has 0 spiro atoms. The summed E-state index contributed by atoms with van der Waals surface area (Å²) >= 11 is 1.41. The van der Waals surface area contributed by atoms with E-state index in [1.165, 1.54) is 28.4 Å². The highest BCUT2D eigenvalue weighted by molar-refractivity contribution is 7.11. The Bertz CT molecular complexity index is 1140. The minimum atomic E-state index is -0.372. The summed E-state index contributed by atoms with van der Waals surface area (Å²) in [6.45, 7) is 4.12. The molecule has 1 N–H and O–H groups in total. The third-order valence-corrected chi connectivity index (χ3v) is 5.86. The largest absolute Gasteiger partial charge is 0.491 e. The summed E-state index contributed by atoms with van der Waals surface area (Å²) < 4.78 is 18.8. The van der Waals surface area contributed by atoms with Crippen molar-refractivity contribution in [1.82, 2.24) is 4.90 Å². The lowest BCUT2D eigenvalue weighted by Gasteiger charge is -2.15. The van der Waals surface area contributed by atoms with Crippen LogP contribution in [0.15, 0.2) is 71.7 Å². The fourth-order valence-electron chi connectivity index (χ4n) is 3.47. The van der Waals surface area contributed by atoms with E-state index in [0.29, 0.717) is 17.7 Å². The van der Waals surface area contributed by atoms with Crippen LogP contribution in [0, 0.1) is 5.82 Å². The van der Waals surface area contributed by atoms with Gasteiger partial charge in [-0.05, 0) is 73.7 Å². The predicted molar refractivity (Wildman–Crippen MR) is 124 cm³/mol. The van der Waals surface area contributed by atoms with Gasteiger partial charge in [0.2, 0.25) is 0 Å². The molecule has 2 aromatic carbocycles. The summed E-state index contributed by atoms with van der Waals surface area (Å²) in [5.74, 6) is -0.294. The van der Waals surface area contributed by atoms with Crippen molar-refractivity contribution in [3.63, 3.8) is 0 Å². The van der Waals surface area contributed by atoms with Crippen molar-refractivity contribution in [2.24, 2.45) is 0 Å². The first-order chi connectivity index (χ1) is 15.4. The number of anilines is 1. The molecule has 3 aromatic rings. The zero-order chi connectivity index (χ0) is 22.7. The Hall–Kier alpha value is -3.45. The number of amides is 2. The van der Waals surface area contributed by atoms with Crippen LogP contribution in [0.2, 0.25) is 0 Å². The zero-order valence-electron chi connectivity index (χ0n) is 17.8. The molecule has 1 aromatic heterocycles. The minimum Gasteiger partial charge on any atom is -0.491 e. The normalized spacial score (nSPS) is 13.9. The summed E-state index contributed by atoms with van der Waals surface area (Å²) in [4.78, 5) is 28.4. The molecule has 2 amide bonds. The Balaban J connectivity index is 1.57. The molecule has 0 unspecified atom stereocenters. The maximum Gasteiger partial charge on any atom is 0.278 e. The van der Waals surface area contributed by atoms with Gasteiger partial charge in [0.25, 0.3) is 11.8 Å². The highest BCUT2D eigenvalue weighted by atomic mass is 32.1. The van der Waals surface area contributed by atoms with Gasteiger partial charge in [-0.25, -0.2) is 4.39 Å². The molecule has 7 heteroatoms. The third-order valence-electron chi connectivity index (χ3n) is 4.97. The molecule has 0 saturated heterocycles. The van der Waals surface area contributed by atoms with Gasteiger partial charge in [0.05, 0.1) is 11.7 Å². The molecule has 5 nitrogen and oxygen atoms in total. The molecule has 1 aliphatic rings. The average Bonchev–Trinajstić information content (AvgIpc) is 3.36. The molecular weight excluding hydrogens is 427 g/mol. The number of carbonyl (C=O) groups excluding carboxylic acids is 2. The molecule has 0 radical (unpaired) electrons. The lowest BCUT2D eigenvalue weighted by atomic mass is 10.1. The molecule has 1 aliphatic heterocycles. The van der Waals surface area contributed by atoms with Gasteiger partial charge in [0.1, 0.15) is 17.3 Å². The van der Waals surface area contributed by atoms with Crippen LogP contribution in [0.5, 0.6) is 5.75 Å². The van der Waals surface area contributed by atoms with Crippen LogP contribution in [0.4, 0.5) is 10.1 Å². The Morgan fingerprint density at radius 3 is 2.34 bits per heavy atom.